The molecule has 0 aliphatic carbocycles. The summed E-state index contributed by atoms with van der Waals surface area (Å²) in [7, 11) is 1.64. The summed E-state index contributed by atoms with van der Waals surface area (Å²) in [6.45, 7) is 0. The number of aromatic nitrogens is 2. The van der Waals surface area contributed by atoms with Gasteiger partial charge in [-0.1, -0.05) is 36.4 Å². The monoisotopic (exact) mass is 336 g/mol. The Morgan fingerprint density at radius 1 is 1.24 bits per heavy atom. The fourth-order valence-corrected chi connectivity index (χ4v) is 3.76. The Kier molecular flexibility index (Phi) is 3.87. The van der Waals surface area contributed by atoms with Gasteiger partial charge in [-0.15, -0.1) is 0 Å². The number of fused-ring (bicyclic) bond motifs is 2. The maximum absolute atomic E-state index is 12.7. The van der Waals surface area contributed by atoms with Crippen LogP contribution in [0.4, 0.5) is 10.6 Å². The molecular weight excluding hydrogens is 316 g/mol. The average Bonchev–Trinajstić information content (AvgIpc) is 2.90. The molecular formula is C19H20N4O2. The number of benzene rings is 1. The van der Waals surface area contributed by atoms with Crippen molar-refractivity contribution >= 4 is 17.4 Å². The third-order valence-corrected chi connectivity index (χ3v) is 5.02. The summed E-state index contributed by atoms with van der Waals surface area (Å²) in [6.07, 6.45) is 8.04. The van der Waals surface area contributed by atoms with Gasteiger partial charge in [0.05, 0.1) is 6.04 Å². The molecule has 25 heavy (non-hydrogen) atoms. The second-order valence-corrected chi connectivity index (χ2v) is 6.59. The van der Waals surface area contributed by atoms with Crippen molar-refractivity contribution in [2.75, 3.05) is 5.32 Å². The fourth-order valence-electron chi connectivity index (χ4n) is 3.76. The van der Waals surface area contributed by atoms with Gasteiger partial charge in [0, 0.05) is 25.5 Å². The molecule has 2 aromatic rings. The summed E-state index contributed by atoms with van der Waals surface area (Å²) in [6, 6.07) is 10.3. The first-order valence-electron chi connectivity index (χ1n) is 8.50. The van der Waals surface area contributed by atoms with Gasteiger partial charge >= 0.3 is 6.03 Å². The van der Waals surface area contributed by atoms with Crippen LogP contribution in [0.2, 0.25) is 0 Å². The van der Waals surface area contributed by atoms with Crippen molar-refractivity contribution in [2.24, 2.45) is 7.05 Å². The number of carbonyl (C=O) groups excluding carboxylic acids is 1. The second-order valence-electron chi connectivity index (χ2n) is 6.59. The molecule has 3 heterocycles. The molecule has 128 valence electrons. The smallest absolute Gasteiger partial charge is 0.315 e. The highest BCUT2D eigenvalue weighted by atomic mass is 16.2. The maximum Gasteiger partial charge on any atom is 0.323 e. The minimum Gasteiger partial charge on any atom is -0.315 e. The van der Waals surface area contributed by atoms with Crippen molar-refractivity contribution in [1.82, 2.24) is 14.5 Å². The van der Waals surface area contributed by atoms with Crippen molar-refractivity contribution in [3.63, 3.8) is 0 Å². The molecule has 2 amide bonds. The first-order chi connectivity index (χ1) is 12.1. The van der Waals surface area contributed by atoms with E-state index in [1.165, 1.54) is 21.9 Å². The lowest BCUT2D eigenvalue weighted by molar-refractivity contribution is 0.193. The van der Waals surface area contributed by atoms with E-state index in [4.69, 9.17) is 0 Å². The molecule has 0 saturated carbocycles. The van der Waals surface area contributed by atoms with Gasteiger partial charge in [0.1, 0.15) is 0 Å². The van der Waals surface area contributed by atoms with Gasteiger partial charge in [-0.3, -0.25) is 10.1 Å². The number of nitrogens with one attached hydrogen (secondary N) is 1. The SMILES string of the molecule is Cn1ccnc(NC(=O)N2C3C=C(c4ccccc4)CC2CC3)c1=O. The van der Waals surface area contributed by atoms with Crippen LogP contribution in [0.5, 0.6) is 0 Å². The summed E-state index contributed by atoms with van der Waals surface area (Å²) in [5, 5.41) is 2.69. The summed E-state index contributed by atoms with van der Waals surface area (Å²) in [5.41, 5.74) is 2.21. The van der Waals surface area contributed by atoms with Crippen LogP contribution in [-0.2, 0) is 7.05 Å². The van der Waals surface area contributed by atoms with Crippen molar-refractivity contribution in [3.8, 4) is 0 Å². The van der Waals surface area contributed by atoms with Crippen LogP contribution in [0.3, 0.4) is 0 Å². The molecule has 2 atom stereocenters. The van der Waals surface area contributed by atoms with Gasteiger partial charge in [0.25, 0.3) is 5.56 Å². The Balaban J connectivity index is 1.56. The molecule has 1 aromatic heterocycles. The zero-order valence-corrected chi connectivity index (χ0v) is 14.1. The first-order valence-corrected chi connectivity index (χ1v) is 8.50. The van der Waals surface area contributed by atoms with Crippen LogP contribution in [0.25, 0.3) is 5.57 Å². The summed E-state index contributed by atoms with van der Waals surface area (Å²) in [4.78, 5) is 30.7. The molecule has 1 N–H and O–H groups in total. The van der Waals surface area contributed by atoms with Gasteiger partial charge in [0.2, 0.25) is 5.82 Å². The predicted octanol–water partition coefficient (Wildman–Crippen LogP) is 2.63. The van der Waals surface area contributed by atoms with E-state index in [0.717, 1.165) is 19.3 Å². The highest BCUT2D eigenvalue weighted by Gasteiger charge is 2.40. The fraction of sp³-hybridized carbons (Fsp3) is 0.316. The molecule has 6 heteroatoms. The molecule has 2 aliphatic heterocycles. The lowest BCUT2D eigenvalue weighted by atomic mass is 9.95. The third-order valence-electron chi connectivity index (χ3n) is 5.02. The van der Waals surface area contributed by atoms with Crippen molar-refractivity contribution in [1.29, 1.82) is 0 Å². The molecule has 2 bridgehead atoms. The first kappa shape index (κ1) is 15.6. The maximum atomic E-state index is 12.7. The van der Waals surface area contributed by atoms with E-state index in [9.17, 15) is 9.59 Å². The zero-order valence-electron chi connectivity index (χ0n) is 14.1. The summed E-state index contributed by atoms with van der Waals surface area (Å²) >= 11 is 0. The molecule has 1 fully saturated rings. The molecule has 1 saturated heterocycles. The van der Waals surface area contributed by atoms with E-state index in [1.54, 1.807) is 13.2 Å². The largest absolute Gasteiger partial charge is 0.323 e. The van der Waals surface area contributed by atoms with E-state index in [0.29, 0.717) is 0 Å². The quantitative estimate of drug-likeness (QED) is 0.917. The Hall–Kier alpha value is -2.89. The van der Waals surface area contributed by atoms with E-state index < -0.39 is 0 Å². The number of aryl methyl sites for hydroxylation is 1. The molecule has 2 aliphatic rings. The lowest BCUT2D eigenvalue weighted by Gasteiger charge is -2.34. The number of rotatable bonds is 2. The number of carbonyl (C=O) groups is 1. The number of hydrogen-bond acceptors (Lipinski definition) is 3. The molecule has 1 aromatic carbocycles. The van der Waals surface area contributed by atoms with Crippen LogP contribution in [0.15, 0.2) is 53.6 Å². The average molecular weight is 336 g/mol. The highest BCUT2D eigenvalue weighted by Crippen LogP contribution is 2.38. The van der Waals surface area contributed by atoms with E-state index in [-0.39, 0.29) is 29.5 Å². The molecule has 6 nitrogen and oxygen atoms in total. The second kappa shape index (κ2) is 6.20. The number of hydrogen-bond donors (Lipinski definition) is 1. The van der Waals surface area contributed by atoms with Crippen molar-refractivity contribution < 1.29 is 4.79 Å². The molecule has 0 spiro atoms. The number of amides is 2. The topological polar surface area (TPSA) is 67.2 Å². The third kappa shape index (κ3) is 2.84. The highest BCUT2D eigenvalue weighted by molar-refractivity contribution is 5.90. The van der Waals surface area contributed by atoms with E-state index in [1.807, 2.05) is 23.1 Å². The normalized spacial score (nSPS) is 21.8. The zero-order chi connectivity index (χ0) is 17.4. The van der Waals surface area contributed by atoms with Gasteiger partial charge in [-0.2, -0.15) is 0 Å². The minimum absolute atomic E-state index is 0.0709. The Bertz CT molecular complexity index is 888. The number of nitrogens with zero attached hydrogens (tertiary/aromatic N) is 3. The van der Waals surface area contributed by atoms with Crippen LogP contribution in [0, 0.1) is 0 Å². The standard InChI is InChI=1S/C19H20N4O2/c1-22-10-9-20-17(18(22)24)21-19(25)23-15-7-8-16(23)12-14(11-15)13-5-3-2-4-6-13/h2-6,9-11,15-16H,7-8,12H2,1H3,(H,20,21,25). The summed E-state index contributed by atoms with van der Waals surface area (Å²) < 4.78 is 1.40. The number of urea groups is 1. The van der Waals surface area contributed by atoms with Crippen molar-refractivity contribution in [3.05, 3.63) is 64.7 Å². The van der Waals surface area contributed by atoms with Gasteiger partial charge in [-0.05, 0) is 30.4 Å². The molecule has 0 radical (unpaired) electrons. The van der Waals surface area contributed by atoms with Crippen LogP contribution >= 0.6 is 0 Å². The van der Waals surface area contributed by atoms with Gasteiger partial charge < -0.3 is 9.47 Å². The minimum atomic E-state index is -0.305. The molecule has 4 rings (SSSR count). The lowest BCUT2D eigenvalue weighted by Crippen LogP contribution is -2.46. The molecule has 2 unspecified atom stereocenters. The number of anilines is 1. The predicted molar refractivity (Wildman–Crippen MR) is 96.2 cm³/mol. The Morgan fingerprint density at radius 2 is 2.04 bits per heavy atom. The van der Waals surface area contributed by atoms with Gasteiger partial charge in [0.15, 0.2) is 0 Å². The van der Waals surface area contributed by atoms with Gasteiger partial charge in [-0.25, -0.2) is 9.78 Å². The van der Waals surface area contributed by atoms with Crippen molar-refractivity contribution in [2.45, 2.75) is 31.3 Å². The van der Waals surface area contributed by atoms with Crippen LogP contribution < -0.4 is 10.9 Å². The van der Waals surface area contributed by atoms with E-state index in [2.05, 4.69) is 28.5 Å². The summed E-state index contributed by atoms with van der Waals surface area (Å²) in [5.74, 6) is 0.0761. The van der Waals surface area contributed by atoms with E-state index >= 15 is 0 Å². The van der Waals surface area contributed by atoms with Crippen LogP contribution in [-0.4, -0.2) is 32.6 Å². The Labute approximate surface area is 145 Å². The van der Waals surface area contributed by atoms with Crippen LogP contribution in [0.1, 0.15) is 24.8 Å². The Morgan fingerprint density at radius 3 is 2.80 bits per heavy atom.